The fourth-order valence-corrected chi connectivity index (χ4v) is 2.60. The molecule has 16 heavy (non-hydrogen) atoms. The Hall–Kier alpha value is -0.930. The Bertz CT molecular complexity index is 543. The highest BCUT2D eigenvalue weighted by molar-refractivity contribution is 9.10. The van der Waals surface area contributed by atoms with Crippen molar-refractivity contribution in [1.29, 1.82) is 0 Å². The van der Waals surface area contributed by atoms with E-state index >= 15 is 0 Å². The van der Waals surface area contributed by atoms with Crippen LogP contribution in [0.2, 0.25) is 0 Å². The molecule has 1 aromatic heterocycles. The molecule has 2 rings (SSSR count). The van der Waals surface area contributed by atoms with Crippen LogP contribution in [0.25, 0.3) is 0 Å². The minimum absolute atomic E-state index is 0.100. The van der Waals surface area contributed by atoms with Gasteiger partial charge in [0, 0.05) is 25.9 Å². The van der Waals surface area contributed by atoms with Gasteiger partial charge in [0.15, 0.2) is 5.78 Å². The number of carbonyl (C=O) groups excluding carboxylic acids is 1. The maximum Gasteiger partial charge on any atom is 0.194 e. The van der Waals surface area contributed by atoms with E-state index in [0.29, 0.717) is 0 Å². The fourth-order valence-electron chi connectivity index (χ4n) is 1.56. The van der Waals surface area contributed by atoms with Crippen molar-refractivity contribution in [2.75, 3.05) is 0 Å². The maximum absolute atomic E-state index is 12.2. The quantitative estimate of drug-likeness (QED) is 0.752. The highest BCUT2D eigenvalue weighted by Crippen LogP contribution is 2.22. The number of thiophene rings is 1. The van der Waals surface area contributed by atoms with Crippen LogP contribution in [0.3, 0.4) is 0 Å². The Morgan fingerprint density at radius 2 is 2.00 bits per heavy atom. The molecule has 1 nitrogen and oxygen atoms in total. The average molecular weight is 295 g/mol. The highest BCUT2D eigenvalue weighted by Gasteiger charge is 2.13. The van der Waals surface area contributed by atoms with E-state index in [1.54, 1.807) is 11.3 Å². The van der Waals surface area contributed by atoms with Crippen molar-refractivity contribution >= 4 is 33.0 Å². The van der Waals surface area contributed by atoms with Crippen LogP contribution in [0.15, 0.2) is 34.1 Å². The standard InChI is InChI=1S/C13H11BrOS/c1-8-3-4-11(14)6-12(8)13(15)10-5-9(2)16-7-10/h3-7H,1-2H3. The molecule has 0 spiro atoms. The molecule has 0 radical (unpaired) electrons. The second-order valence-electron chi connectivity index (χ2n) is 3.73. The van der Waals surface area contributed by atoms with Crippen molar-refractivity contribution in [2.24, 2.45) is 0 Å². The summed E-state index contributed by atoms with van der Waals surface area (Å²) in [7, 11) is 0. The number of aryl methyl sites for hydroxylation is 2. The van der Waals surface area contributed by atoms with E-state index in [2.05, 4.69) is 15.9 Å². The first kappa shape index (κ1) is 11.6. The Balaban J connectivity index is 2.45. The van der Waals surface area contributed by atoms with E-state index in [4.69, 9.17) is 0 Å². The molecule has 0 unspecified atom stereocenters. The summed E-state index contributed by atoms with van der Waals surface area (Å²) in [6.45, 7) is 3.97. The Morgan fingerprint density at radius 3 is 2.62 bits per heavy atom. The van der Waals surface area contributed by atoms with Crippen LogP contribution in [0.1, 0.15) is 26.4 Å². The lowest BCUT2D eigenvalue weighted by molar-refractivity contribution is 0.103. The van der Waals surface area contributed by atoms with Gasteiger partial charge in [-0.05, 0) is 37.6 Å². The third-order valence-corrected chi connectivity index (χ3v) is 3.79. The number of halogens is 1. The number of rotatable bonds is 2. The van der Waals surface area contributed by atoms with Crippen LogP contribution in [0, 0.1) is 13.8 Å². The minimum atomic E-state index is 0.100. The van der Waals surface area contributed by atoms with Gasteiger partial charge in [-0.3, -0.25) is 4.79 Å². The van der Waals surface area contributed by atoms with E-state index < -0.39 is 0 Å². The van der Waals surface area contributed by atoms with Gasteiger partial charge in [-0.1, -0.05) is 22.0 Å². The second kappa shape index (κ2) is 4.52. The zero-order valence-electron chi connectivity index (χ0n) is 9.08. The number of carbonyl (C=O) groups is 1. The topological polar surface area (TPSA) is 17.1 Å². The first-order valence-electron chi connectivity index (χ1n) is 4.94. The molecule has 0 aliphatic rings. The summed E-state index contributed by atoms with van der Waals surface area (Å²) in [4.78, 5) is 13.4. The highest BCUT2D eigenvalue weighted by atomic mass is 79.9. The maximum atomic E-state index is 12.2. The van der Waals surface area contributed by atoms with E-state index in [9.17, 15) is 4.79 Å². The van der Waals surface area contributed by atoms with Gasteiger partial charge in [0.2, 0.25) is 0 Å². The Labute approximate surface area is 107 Å². The van der Waals surface area contributed by atoms with Gasteiger partial charge >= 0.3 is 0 Å². The van der Waals surface area contributed by atoms with Crippen molar-refractivity contribution in [1.82, 2.24) is 0 Å². The van der Waals surface area contributed by atoms with E-state index in [1.807, 2.05) is 43.5 Å². The predicted octanol–water partition coefficient (Wildman–Crippen LogP) is 4.36. The normalized spacial score (nSPS) is 10.4. The van der Waals surface area contributed by atoms with Gasteiger partial charge in [0.1, 0.15) is 0 Å². The summed E-state index contributed by atoms with van der Waals surface area (Å²) in [5.41, 5.74) is 2.56. The average Bonchev–Trinajstić information content (AvgIpc) is 2.67. The van der Waals surface area contributed by atoms with Crippen molar-refractivity contribution < 1.29 is 4.79 Å². The van der Waals surface area contributed by atoms with Gasteiger partial charge in [0.05, 0.1) is 0 Å². The van der Waals surface area contributed by atoms with Gasteiger partial charge in [-0.2, -0.15) is 0 Å². The summed E-state index contributed by atoms with van der Waals surface area (Å²) < 4.78 is 0.938. The second-order valence-corrected chi connectivity index (χ2v) is 5.77. The third-order valence-electron chi connectivity index (χ3n) is 2.44. The fraction of sp³-hybridized carbons (Fsp3) is 0.154. The number of hydrogen-bond acceptors (Lipinski definition) is 2. The zero-order chi connectivity index (χ0) is 11.7. The van der Waals surface area contributed by atoms with Crippen molar-refractivity contribution in [2.45, 2.75) is 13.8 Å². The molecule has 0 atom stereocenters. The summed E-state index contributed by atoms with van der Waals surface area (Å²) >= 11 is 5.00. The molecule has 0 amide bonds. The molecule has 0 N–H and O–H groups in total. The molecule has 0 bridgehead atoms. The van der Waals surface area contributed by atoms with Gasteiger partial charge in [0.25, 0.3) is 0 Å². The Kier molecular flexibility index (Phi) is 3.26. The summed E-state index contributed by atoms with van der Waals surface area (Å²) in [5, 5.41) is 1.91. The largest absolute Gasteiger partial charge is 0.289 e. The summed E-state index contributed by atoms with van der Waals surface area (Å²) in [6, 6.07) is 7.72. The molecule has 1 heterocycles. The summed E-state index contributed by atoms with van der Waals surface area (Å²) in [5.74, 6) is 0.100. The Morgan fingerprint density at radius 1 is 1.25 bits per heavy atom. The molecule has 0 saturated carbocycles. The molecule has 2 aromatic rings. The van der Waals surface area contributed by atoms with Crippen LogP contribution >= 0.6 is 27.3 Å². The van der Waals surface area contributed by atoms with Gasteiger partial charge < -0.3 is 0 Å². The van der Waals surface area contributed by atoms with Crippen LogP contribution in [-0.4, -0.2) is 5.78 Å². The van der Waals surface area contributed by atoms with Crippen LogP contribution in [-0.2, 0) is 0 Å². The first-order valence-corrected chi connectivity index (χ1v) is 6.61. The van der Waals surface area contributed by atoms with Gasteiger partial charge in [-0.15, -0.1) is 11.3 Å². The van der Waals surface area contributed by atoms with Crippen LogP contribution in [0.5, 0.6) is 0 Å². The number of benzene rings is 1. The minimum Gasteiger partial charge on any atom is -0.289 e. The lowest BCUT2D eigenvalue weighted by atomic mass is 10.0. The van der Waals surface area contributed by atoms with E-state index in [0.717, 1.165) is 26.0 Å². The lowest BCUT2D eigenvalue weighted by Crippen LogP contribution is -2.02. The molecule has 0 aliphatic heterocycles. The van der Waals surface area contributed by atoms with Crippen LogP contribution < -0.4 is 0 Å². The first-order chi connectivity index (χ1) is 7.58. The SMILES string of the molecule is Cc1cc(C(=O)c2cc(Br)ccc2C)cs1. The van der Waals surface area contributed by atoms with Crippen molar-refractivity contribution in [3.05, 3.63) is 55.7 Å². The number of ketones is 1. The zero-order valence-corrected chi connectivity index (χ0v) is 11.5. The molecular weight excluding hydrogens is 284 g/mol. The molecule has 0 fully saturated rings. The van der Waals surface area contributed by atoms with Crippen molar-refractivity contribution in [3.63, 3.8) is 0 Å². The molecule has 0 aliphatic carbocycles. The molecule has 1 aromatic carbocycles. The molecule has 0 saturated heterocycles. The third kappa shape index (κ3) is 2.25. The molecule has 3 heteroatoms. The smallest absolute Gasteiger partial charge is 0.194 e. The molecule has 82 valence electrons. The monoisotopic (exact) mass is 294 g/mol. The van der Waals surface area contributed by atoms with Crippen LogP contribution in [0.4, 0.5) is 0 Å². The molecular formula is C13H11BrOS. The van der Waals surface area contributed by atoms with E-state index in [-0.39, 0.29) is 5.78 Å². The number of hydrogen-bond donors (Lipinski definition) is 0. The predicted molar refractivity (Wildman–Crippen MR) is 71.4 cm³/mol. The lowest BCUT2D eigenvalue weighted by Gasteiger charge is -2.03. The van der Waals surface area contributed by atoms with E-state index in [1.165, 1.54) is 0 Å². The van der Waals surface area contributed by atoms with Crippen molar-refractivity contribution in [3.8, 4) is 0 Å². The summed E-state index contributed by atoms with van der Waals surface area (Å²) in [6.07, 6.45) is 0. The van der Waals surface area contributed by atoms with Gasteiger partial charge in [-0.25, -0.2) is 0 Å².